The molecule has 22 heavy (non-hydrogen) atoms. The lowest BCUT2D eigenvalue weighted by Gasteiger charge is -2.10. The second-order valence-corrected chi connectivity index (χ2v) is 4.84. The highest BCUT2D eigenvalue weighted by Crippen LogP contribution is 2.32. The molecule has 0 fully saturated rings. The molecular formula is C16H12F3N3. The lowest BCUT2D eigenvalue weighted by molar-refractivity contribution is -0.137. The van der Waals surface area contributed by atoms with E-state index in [2.05, 4.69) is 4.98 Å². The van der Waals surface area contributed by atoms with Gasteiger partial charge >= 0.3 is 6.18 Å². The van der Waals surface area contributed by atoms with Gasteiger partial charge < -0.3 is 10.3 Å². The van der Waals surface area contributed by atoms with Crippen LogP contribution < -0.4 is 5.73 Å². The number of imidazole rings is 1. The summed E-state index contributed by atoms with van der Waals surface area (Å²) in [6.45, 7) is 0. The number of halogens is 3. The molecule has 0 amide bonds. The van der Waals surface area contributed by atoms with Crippen LogP contribution in [0.25, 0.3) is 16.9 Å². The first-order valence-electron chi connectivity index (χ1n) is 6.51. The number of aromatic nitrogens is 2. The van der Waals surface area contributed by atoms with Crippen molar-refractivity contribution in [2.45, 2.75) is 6.18 Å². The van der Waals surface area contributed by atoms with Crippen LogP contribution in [0.5, 0.6) is 0 Å². The van der Waals surface area contributed by atoms with E-state index < -0.39 is 11.7 Å². The van der Waals surface area contributed by atoms with Crippen LogP contribution in [0.2, 0.25) is 0 Å². The van der Waals surface area contributed by atoms with Gasteiger partial charge in [-0.1, -0.05) is 30.3 Å². The van der Waals surface area contributed by atoms with Crippen LogP contribution >= 0.6 is 0 Å². The minimum absolute atomic E-state index is 0.0554. The fourth-order valence-electron chi connectivity index (χ4n) is 2.17. The molecule has 112 valence electrons. The van der Waals surface area contributed by atoms with Gasteiger partial charge in [-0.2, -0.15) is 13.2 Å². The topological polar surface area (TPSA) is 43.8 Å². The minimum atomic E-state index is -4.44. The number of alkyl halides is 3. The molecule has 0 aliphatic carbocycles. The predicted octanol–water partition coefficient (Wildman–Crippen LogP) is 4.14. The highest BCUT2D eigenvalue weighted by atomic mass is 19.4. The van der Waals surface area contributed by atoms with E-state index in [1.54, 1.807) is 6.20 Å². The zero-order valence-electron chi connectivity index (χ0n) is 11.4. The summed E-state index contributed by atoms with van der Waals surface area (Å²) in [4.78, 5) is 4.23. The zero-order chi connectivity index (χ0) is 15.7. The highest BCUT2D eigenvalue weighted by molar-refractivity contribution is 5.59. The van der Waals surface area contributed by atoms with Crippen molar-refractivity contribution in [3.05, 3.63) is 66.6 Å². The molecule has 2 N–H and O–H groups in total. The molecule has 2 aromatic carbocycles. The predicted molar refractivity (Wildman–Crippen MR) is 78.4 cm³/mol. The molecule has 3 rings (SSSR count). The number of benzene rings is 2. The third kappa shape index (κ3) is 2.81. The maximum atomic E-state index is 12.9. The molecule has 0 aliphatic rings. The number of nitrogen functional groups attached to an aromatic ring is 1. The Bertz CT molecular complexity index is 792. The number of hydrogen-bond acceptors (Lipinski definition) is 2. The summed E-state index contributed by atoms with van der Waals surface area (Å²) in [7, 11) is 0. The summed E-state index contributed by atoms with van der Waals surface area (Å²) in [6.07, 6.45) is -1.30. The van der Waals surface area contributed by atoms with Crippen LogP contribution in [0, 0.1) is 0 Å². The smallest absolute Gasteiger partial charge is 0.399 e. The van der Waals surface area contributed by atoms with E-state index in [1.165, 1.54) is 17.0 Å². The Morgan fingerprint density at radius 1 is 1.00 bits per heavy atom. The van der Waals surface area contributed by atoms with Crippen LogP contribution in [-0.4, -0.2) is 9.55 Å². The fraction of sp³-hybridized carbons (Fsp3) is 0.0625. The molecule has 0 bridgehead atoms. The minimum Gasteiger partial charge on any atom is -0.399 e. The van der Waals surface area contributed by atoms with Gasteiger partial charge in [0.05, 0.1) is 17.6 Å². The van der Waals surface area contributed by atoms with Crippen LogP contribution in [0.4, 0.5) is 18.9 Å². The summed E-state index contributed by atoms with van der Waals surface area (Å²) in [5, 5.41) is 0. The summed E-state index contributed by atoms with van der Waals surface area (Å²) in [6, 6.07) is 12.8. The first-order chi connectivity index (χ1) is 10.4. The molecule has 0 saturated heterocycles. The molecule has 6 heteroatoms. The SMILES string of the molecule is Nc1cc(-n2cnc(-c3ccccc3)c2)cc(C(F)(F)F)c1. The maximum Gasteiger partial charge on any atom is 0.416 e. The Hall–Kier alpha value is -2.76. The van der Waals surface area contributed by atoms with Crippen LogP contribution in [0.1, 0.15) is 5.56 Å². The van der Waals surface area contributed by atoms with Crippen molar-refractivity contribution in [1.82, 2.24) is 9.55 Å². The standard InChI is InChI=1S/C16H12F3N3/c17-16(18,19)12-6-13(20)8-14(7-12)22-9-15(21-10-22)11-4-2-1-3-5-11/h1-10H,20H2. The number of nitrogens with zero attached hydrogens (tertiary/aromatic N) is 2. The van der Waals surface area contributed by atoms with Crippen molar-refractivity contribution >= 4 is 5.69 Å². The van der Waals surface area contributed by atoms with E-state index in [0.717, 1.165) is 17.7 Å². The van der Waals surface area contributed by atoms with Crippen molar-refractivity contribution in [3.63, 3.8) is 0 Å². The van der Waals surface area contributed by atoms with Crippen molar-refractivity contribution in [3.8, 4) is 16.9 Å². The molecular weight excluding hydrogens is 291 g/mol. The van der Waals surface area contributed by atoms with Crippen molar-refractivity contribution in [1.29, 1.82) is 0 Å². The Morgan fingerprint density at radius 2 is 1.73 bits per heavy atom. The lowest BCUT2D eigenvalue weighted by atomic mass is 10.1. The van der Waals surface area contributed by atoms with Gasteiger partial charge in [-0.3, -0.25) is 0 Å². The number of anilines is 1. The average molecular weight is 303 g/mol. The van der Waals surface area contributed by atoms with E-state index in [9.17, 15) is 13.2 Å². The first kappa shape index (κ1) is 14.2. The van der Waals surface area contributed by atoms with E-state index >= 15 is 0 Å². The third-order valence-corrected chi connectivity index (χ3v) is 3.22. The maximum absolute atomic E-state index is 12.9. The molecule has 0 atom stereocenters. The van der Waals surface area contributed by atoms with Crippen molar-refractivity contribution in [2.75, 3.05) is 5.73 Å². The summed E-state index contributed by atoms with van der Waals surface area (Å²) in [5.41, 5.74) is 6.74. The lowest BCUT2D eigenvalue weighted by Crippen LogP contribution is -2.07. The second kappa shape index (κ2) is 5.22. The second-order valence-electron chi connectivity index (χ2n) is 4.84. The van der Waals surface area contributed by atoms with Gasteiger partial charge in [0.2, 0.25) is 0 Å². The normalized spacial score (nSPS) is 11.6. The van der Waals surface area contributed by atoms with Gasteiger partial charge in [-0.25, -0.2) is 4.98 Å². The molecule has 1 heterocycles. The molecule has 0 saturated carbocycles. The van der Waals surface area contributed by atoms with Crippen LogP contribution in [0.15, 0.2) is 61.1 Å². The number of rotatable bonds is 2. The molecule has 3 nitrogen and oxygen atoms in total. The Balaban J connectivity index is 2.02. The number of hydrogen-bond donors (Lipinski definition) is 1. The van der Waals surface area contributed by atoms with E-state index in [4.69, 9.17) is 5.73 Å². The van der Waals surface area contributed by atoms with Gasteiger partial charge in [0.25, 0.3) is 0 Å². The monoisotopic (exact) mass is 303 g/mol. The summed E-state index contributed by atoms with van der Waals surface area (Å²) < 4.78 is 40.1. The Kier molecular flexibility index (Phi) is 3.36. The first-order valence-corrected chi connectivity index (χ1v) is 6.51. The largest absolute Gasteiger partial charge is 0.416 e. The van der Waals surface area contributed by atoms with Crippen LogP contribution in [-0.2, 0) is 6.18 Å². The molecule has 1 aromatic heterocycles. The quantitative estimate of drug-likeness (QED) is 0.723. The fourth-order valence-corrected chi connectivity index (χ4v) is 2.17. The van der Waals surface area contributed by atoms with Gasteiger partial charge in [0, 0.05) is 23.1 Å². The molecule has 3 aromatic rings. The molecule has 0 radical (unpaired) electrons. The molecule has 0 unspecified atom stereocenters. The summed E-state index contributed by atoms with van der Waals surface area (Å²) in [5.74, 6) is 0. The van der Waals surface area contributed by atoms with E-state index in [-0.39, 0.29) is 5.69 Å². The van der Waals surface area contributed by atoms with Crippen LogP contribution in [0.3, 0.4) is 0 Å². The van der Waals surface area contributed by atoms with Crippen molar-refractivity contribution < 1.29 is 13.2 Å². The molecule has 0 spiro atoms. The zero-order valence-corrected chi connectivity index (χ0v) is 11.4. The summed E-state index contributed by atoms with van der Waals surface area (Å²) >= 11 is 0. The van der Waals surface area contributed by atoms with E-state index in [1.807, 2.05) is 30.3 Å². The average Bonchev–Trinajstić information content (AvgIpc) is 2.96. The van der Waals surface area contributed by atoms with Gasteiger partial charge in [0.15, 0.2) is 0 Å². The highest BCUT2D eigenvalue weighted by Gasteiger charge is 2.31. The third-order valence-electron chi connectivity index (χ3n) is 3.22. The van der Waals surface area contributed by atoms with Gasteiger partial charge in [-0.15, -0.1) is 0 Å². The van der Waals surface area contributed by atoms with Gasteiger partial charge in [-0.05, 0) is 18.2 Å². The number of nitrogens with two attached hydrogens (primary N) is 1. The van der Waals surface area contributed by atoms with E-state index in [0.29, 0.717) is 11.4 Å². The Labute approximate surface area is 124 Å². The van der Waals surface area contributed by atoms with Crippen molar-refractivity contribution in [2.24, 2.45) is 0 Å². The van der Waals surface area contributed by atoms with Gasteiger partial charge in [0.1, 0.15) is 0 Å². The Morgan fingerprint density at radius 3 is 2.41 bits per heavy atom. The molecule has 0 aliphatic heterocycles.